The van der Waals surface area contributed by atoms with Crippen LogP contribution in [0, 0.1) is 36.5 Å². The van der Waals surface area contributed by atoms with Crippen LogP contribution in [-0.4, -0.2) is 234 Å². The summed E-state index contributed by atoms with van der Waals surface area (Å²) in [5, 5.41) is 138. The zero-order valence-electron chi connectivity index (χ0n) is 69.0. The molecule has 5 fully saturated rings. The highest BCUT2D eigenvalue weighted by Gasteiger charge is 2.51. The molecule has 15 bridgehead atoms. The summed E-state index contributed by atoms with van der Waals surface area (Å²) in [7, 11) is 6.56. The van der Waals surface area contributed by atoms with E-state index < -0.39 is 196 Å². The zero-order chi connectivity index (χ0) is 88.8. The molecule has 6 heterocycles. The van der Waals surface area contributed by atoms with Crippen molar-refractivity contribution >= 4 is 64.8 Å². The molecule has 666 valence electrons. The Hall–Kier alpha value is -11.2. The third kappa shape index (κ3) is 19.9. The lowest BCUT2D eigenvalue weighted by atomic mass is 9.54. The number of nitrogens with one attached hydrogen (secondary N) is 12. The van der Waals surface area contributed by atoms with Crippen LogP contribution in [0.25, 0.3) is 11.1 Å². The number of aliphatic hydroxyl groups is 6. The fraction of sp³-hybridized carbons (Fsp3) is 0.477. The van der Waals surface area contributed by atoms with Gasteiger partial charge in [-0.25, -0.2) is 0 Å². The van der Waals surface area contributed by atoms with E-state index in [0.29, 0.717) is 31.5 Å². The molecule has 10 aliphatic rings. The van der Waals surface area contributed by atoms with Crippen molar-refractivity contribution < 1.29 is 122 Å². The number of hydrogen-bond donors (Lipinski definition) is 21. The molecule has 14 atom stereocenters. The van der Waals surface area contributed by atoms with Gasteiger partial charge in [0, 0.05) is 48.4 Å². The number of carbonyl (C=O) groups excluding carboxylic acids is 9. The van der Waals surface area contributed by atoms with Gasteiger partial charge in [-0.3, -0.25) is 48.5 Å². The first-order valence-electron chi connectivity index (χ1n) is 41.2. The third-order valence-corrected chi connectivity index (χ3v) is 23.8. The number of aryl methyl sites for hydroxylation is 1. The van der Waals surface area contributed by atoms with Crippen LogP contribution in [-0.2, 0) is 43.1 Å². The number of phenols is 3. The summed E-state index contributed by atoms with van der Waals surface area (Å²) >= 11 is 7.21. The molecule has 4 aliphatic carbocycles. The topological polar surface area (TPSA) is 545 Å². The van der Waals surface area contributed by atoms with Crippen molar-refractivity contribution in [3.63, 3.8) is 0 Å². The molecule has 6 aromatic carbocycles. The Morgan fingerprint density at radius 2 is 1.18 bits per heavy atom. The van der Waals surface area contributed by atoms with Crippen molar-refractivity contribution in [3.8, 4) is 74.4 Å². The Bertz CT molecular complexity index is 4960. The van der Waals surface area contributed by atoms with Crippen LogP contribution in [0.4, 0.5) is 0 Å². The van der Waals surface area contributed by atoms with Gasteiger partial charge < -0.3 is 138 Å². The number of carbonyl (C=O) groups is 9. The number of benzene rings is 6. The molecule has 0 radical (unpaired) electrons. The number of aliphatic hydroxyl groups excluding tert-OH is 6. The number of aromatic hydroxyl groups is 3. The van der Waals surface area contributed by atoms with Crippen LogP contribution in [0.15, 0.2) is 91.0 Å². The second-order valence-electron chi connectivity index (χ2n) is 32.7. The second kappa shape index (κ2) is 39.3. The summed E-state index contributed by atoms with van der Waals surface area (Å²) in [6.45, 7) is 5.39. The monoisotopic (exact) mass is 1740 g/mol. The predicted octanol–water partition coefficient (Wildman–Crippen LogP) is 1.65. The van der Waals surface area contributed by atoms with Crippen LogP contribution in [0.5, 0.6) is 63.2 Å². The number of rotatable bonds is 25. The molecule has 16 rings (SSSR count). The molecular formula is C86H105ClN12O25. The predicted molar refractivity (Wildman–Crippen MR) is 442 cm³/mol. The van der Waals surface area contributed by atoms with Gasteiger partial charge in [-0.2, -0.15) is 0 Å². The van der Waals surface area contributed by atoms with E-state index in [-0.39, 0.29) is 123 Å². The number of hydrogen-bond acceptors (Lipinski definition) is 29. The molecule has 124 heavy (non-hydrogen) atoms. The minimum absolute atomic E-state index is 0.0131. The first-order valence-corrected chi connectivity index (χ1v) is 41.5. The Balaban J connectivity index is 0.995. The van der Waals surface area contributed by atoms with E-state index in [4.69, 9.17) is 44.8 Å². The average molecular weight is 1740 g/mol. The van der Waals surface area contributed by atoms with Gasteiger partial charge in [-0.1, -0.05) is 43.6 Å². The highest BCUT2D eigenvalue weighted by molar-refractivity contribution is 6.32. The van der Waals surface area contributed by atoms with E-state index in [1.54, 1.807) is 21.1 Å². The minimum Gasteiger partial charge on any atom is -0.508 e. The van der Waals surface area contributed by atoms with E-state index in [0.717, 1.165) is 80.6 Å². The van der Waals surface area contributed by atoms with Crippen LogP contribution in [0.1, 0.15) is 133 Å². The van der Waals surface area contributed by atoms with Crippen LogP contribution in [0.3, 0.4) is 0 Å². The van der Waals surface area contributed by atoms with Gasteiger partial charge in [0.05, 0.1) is 24.1 Å². The van der Waals surface area contributed by atoms with Crippen molar-refractivity contribution in [2.75, 3.05) is 74.3 Å². The Morgan fingerprint density at radius 3 is 1.79 bits per heavy atom. The lowest BCUT2D eigenvalue weighted by Crippen LogP contribution is -2.60. The lowest BCUT2D eigenvalue weighted by Gasteiger charge is -2.54. The van der Waals surface area contributed by atoms with Crippen molar-refractivity contribution in [1.29, 1.82) is 0 Å². The third-order valence-electron chi connectivity index (χ3n) is 23.5. The van der Waals surface area contributed by atoms with Crippen LogP contribution >= 0.6 is 11.6 Å². The largest absolute Gasteiger partial charge is 0.508 e. The first kappa shape index (κ1) is 90.5. The minimum atomic E-state index is -2.40. The molecule has 0 aromatic heterocycles. The maximum atomic E-state index is 16.6. The molecule has 0 unspecified atom stereocenters. The highest BCUT2D eigenvalue weighted by atomic mass is 35.5. The van der Waals surface area contributed by atoms with Gasteiger partial charge in [0.2, 0.25) is 65.0 Å². The molecule has 1 saturated heterocycles. The van der Waals surface area contributed by atoms with Gasteiger partial charge in [-0.15, -0.1) is 0 Å². The molecule has 0 spiro atoms. The number of halogens is 1. The molecule has 38 heteroatoms. The maximum absolute atomic E-state index is 16.6. The van der Waals surface area contributed by atoms with Gasteiger partial charge in [0.1, 0.15) is 121 Å². The Morgan fingerprint density at radius 1 is 0.581 bits per heavy atom. The quantitative estimate of drug-likeness (QED) is 0.0362. The van der Waals surface area contributed by atoms with E-state index in [2.05, 4.69) is 63.8 Å². The lowest BCUT2D eigenvalue weighted by molar-refractivity contribution is -0.277. The Labute approximate surface area is 717 Å². The van der Waals surface area contributed by atoms with Crippen molar-refractivity contribution in [3.05, 3.63) is 135 Å². The number of ether oxygens (including phenoxy) is 7. The molecule has 4 saturated carbocycles. The molecule has 21 N–H and O–H groups in total. The highest BCUT2D eigenvalue weighted by Crippen LogP contribution is 2.55. The number of phenolic OH excluding ortho intramolecular Hbond substituents is 3. The normalized spacial score (nSPS) is 26.7. The van der Waals surface area contributed by atoms with Gasteiger partial charge in [0.15, 0.2) is 23.0 Å². The number of imide groups is 1. The number of likely N-dealkylation sites (N-methyl/N-ethyl adjacent to an activating group) is 4. The van der Waals surface area contributed by atoms with Crippen LogP contribution in [0.2, 0.25) is 5.02 Å². The Kier molecular flexibility index (Phi) is 28.7. The van der Waals surface area contributed by atoms with Crippen molar-refractivity contribution in [1.82, 2.24) is 63.8 Å². The summed E-state index contributed by atoms with van der Waals surface area (Å²) < 4.78 is 44.1. The average Bonchev–Trinajstić information content (AvgIpc) is 0.757. The zero-order valence-corrected chi connectivity index (χ0v) is 69.8. The fourth-order valence-corrected chi connectivity index (χ4v) is 17.6. The van der Waals surface area contributed by atoms with E-state index >= 15 is 33.6 Å². The molecule has 6 aliphatic heterocycles. The SMILES string of the molecule is CNCCOc1cc(C(=O)NC(=O)C[C@@H]2NC(=O)[C@H](NC(=O)[C@@H](CC(C)C)NC)[C@H](O)c3ccc(c(C)c3)Oc3cc4cc(c3O[C@@H]3O[C@H](CO)[C@@H](O)[C@H](O)[C@H]3O)Oc3ccc(cc3Cl)[C@@H](O)[C@@H]3NC(=O)[C@H](NC(=O)[C@@H]4NC2=O)c2ccc(O)c(c2)-c2c(O)cc(O)cc2[C@@H](C(=O)NC2C4CC5CC(C4)CC2C5)NC3=O)cc(OCCNC)c1OCCNC. The first-order chi connectivity index (χ1) is 59.3. The summed E-state index contributed by atoms with van der Waals surface area (Å²) in [6.07, 6.45) is -10.8. The maximum Gasteiger partial charge on any atom is 0.258 e. The summed E-state index contributed by atoms with van der Waals surface area (Å²) in [6, 6.07) is 2.96. The van der Waals surface area contributed by atoms with Gasteiger partial charge in [-0.05, 0) is 203 Å². The molecule has 37 nitrogen and oxygen atoms in total. The summed E-state index contributed by atoms with van der Waals surface area (Å²) in [5.41, 5.74) is -2.18. The van der Waals surface area contributed by atoms with Crippen molar-refractivity contribution in [2.45, 2.75) is 157 Å². The standard InChI is InChI=1S/C86H105ClN12O25/c1-37(2)20-52(91-7)79(111)98-69-71(105)42-9-12-56(38(3)21-42)121-60-29-46-30-61(77(60)124-86-75(109)74(108)73(107)62(36-100)123-86)122-57-13-10-43(28-51(57)87)72(106)70-85(117)97-68(83(115)94-65-44-23-39-22-40(25-44)26-45(65)24-39)50-33-48(101)34-55(103)64(50)49-27-41(8-11-54(49)102)66(81(113)99-70)96-82(114)67(46)95-80(112)53(92-84(69)116)35-63(104)93-78(110)47-31-58(118-17-14-88-4)76(120-19-16-90-6)59(32-47)119-18-15-89-5/h8-13,21,27-34,37,39-40,44-45,52-53,62,65-75,86,88-91,100-103,105-109H,14-20,22-26,35-36H2,1-7H3,(H,92,116)(H,94,115)(H,95,112)(H,96,114)(H,97,117)(H,98,111)(H,99,113)(H,93,104,110)/t39?,40?,44?,45?,52-,53+,62-,65?,66-,67-,68+,69-,70+,71-,72-,73-,74+,75-,86+/m1/s1. The smallest absolute Gasteiger partial charge is 0.258 e. The molecule has 6 aromatic rings. The van der Waals surface area contributed by atoms with E-state index in [1.165, 1.54) is 56.4 Å². The number of fused-ring (bicyclic) bond motifs is 15. The van der Waals surface area contributed by atoms with Gasteiger partial charge in [0.25, 0.3) is 5.91 Å². The van der Waals surface area contributed by atoms with Crippen LogP contribution < -0.4 is 92.2 Å². The summed E-state index contributed by atoms with van der Waals surface area (Å²) in [4.78, 5) is 140. The summed E-state index contributed by atoms with van der Waals surface area (Å²) in [5.74, 6) is -14.3. The van der Waals surface area contributed by atoms with Crippen molar-refractivity contribution in [2.24, 2.45) is 29.6 Å². The number of amides is 9. The molecular weight excluding hydrogens is 1640 g/mol. The van der Waals surface area contributed by atoms with Gasteiger partial charge >= 0.3 is 0 Å². The van der Waals surface area contributed by atoms with E-state index in [1.807, 2.05) is 13.8 Å². The van der Waals surface area contributed by atoms with E-state index in [9.17, 15) is 55.5 Å². The second-order valence-corrected chi connectivity index (χ2v) is 33.1. The molecule has 9 amide bonds. The fourth-order valence-electron chi connectivity index (χ4n) is 17.4.